The van der Waals surface area contributed by atoms with E-state index in [2.05, 4.69) is 27.8 Å². The molecule has 94 valence electrons. The summed E-state index contributed by atoms with van der Waals surface area (Å²) in [5.74, 6) is 1.04. The number of aryl methyl sites for hydroxylation is 3. The molecule has 0 saturated carbocycles. The molecule has 0 unspecified atom stereocenters. The Kier molecular flexibility index (Phi) is 2.92. The van der Waals surface area contributed by atoms with E-state index in [0.29, 0.717) is 6.54 Å². The molecule has 0 spiro atoms. The fourth-order valence-electron chi connectivity index (χ4n) is 2.80. The molecular formula is C15H19N3. The summed E-state index contributed by atoms with van der Waals surface area (Å²) in [6, 6.07) is 6.87. The summed E-state index contributed by atoms with van der Waals surface area (Å²) in [5, 5.41) is 0. The second kappa shape index (κ2) is 4.58. The highest BCUT2D eigenvalue weighted by Gasteiger charge is 2.12. The van der Waals surface area contributed by atoms with Crippen LogP contribution in [0.1, 0.15) is 34.6 Å². The van der Waals surface area contributed by atoms with Gasteiger partial charge in [-0.25, -0.2) is 4.98 Å². The highest BCUT2D eigenvalue weighted by atomic mass is 15.1. The molecule has 0 saturated heterocycles. The number of hydrogen-bond acceptors (Lipinski definition) is 2. The summed E-state index contributed by atoms with van der Waals surface area (Å²) >= 11 is 0. The standard InChI is InChI=1S/C15H19N3/c1-11-17-9-15(8-16)18(11)10-12-5-6-13-3-2-4-14(13)7-12/h5-7,9H,2-4,8,10,16H2,1H3. The van der Waals surface area contributed by atoms with Gasteiger partial charge in [0.2, 0.25) is 0 Å². The highest BCUT2D eigenvalue weighted by Crippen LogP contribution is 2.23. The van der Waals surface area contributed by atoms with Gasteiger partial charge in [0.05, 0.1) is 5.69 Å². The lowest BCUT2D eigenvalue weighted by Gasteiger charge is -2.10. The summed E-state index contributed by atoms with van der Waals surface area (Å²) < 4.78 is 2.21. The van der Waals surface area contributed by atoms with E-state index in [-0.39, 0.29) is 0 Å². The van der Waals surface area contributed by atoms with Crippen molar-refractivity contribution in [2.24, 2.45) is 5.73 Å². The summed E-state index contributed by atoms with van der Waals surface area (Å²) in [6.45, 7) is 3.46. The van der Waals surface area contributed by atoms with Crippen LogP contribution in [0.4, 0.5) is 0 Å². The zero-order valence-corrected chi connectivity index (χ0v) is 10.8. The molecule has 3 rings (SSSR count). The molecule has 1 heterocycles. The molecule has 0 atom stereocenters. The molecular weight excluding hydrogens is 222 g/mol. The van der Waals surface area contributed by atoms with E-state index in [1.165, 1.54) is 36.0 Å². The SMILES string of the molecule is Cc1ncc(CN)n1Cc1ccc2c(c1)CCC2. The number of imidazole rings is 1. The Morgan fingerprint density at radius 1 is 1.28 bits per heavy atom. The van der Waals surface area contributed by atoms with Crippen LogP contribution in [-0.4, -0.2) is 9.55 Å². The van der Waals surface area contributed by atoms with Gasteiger partial charge in [0.25, 0.3) is 0 Å². The minimum Gasteiger partial charge on any atom is -0.327 e. The van der Waals surface area contributed by atoms with E-state index in [1.54, 1.807) is 0 Å². The molecule has 0 aliphatic heterocycles. The van der Waals surface area contributed by atoms with Crippen LogP contribution in [0.3, 0.4) is 0 Å². The molecule has 0 fully saturated rings. The van der Waals surface area contributed by atoms with Crippen molar-refractivity contribution >= 4 is 0 Å². The number of rotatable bonds is 3. The second-order valence-corrected chi connectivity index (χ2v) is 5.04. The fourth-order valence-corrected chi connectivity index (χ4v) is 2.80. The lowest BCUT2D eigenvalue weighted by atomic mass is 10.1. The molecule has 1 aliphatic carbocycles. The van der Waals surface area contributed by atoms with E-state index in [0.717, 1.165) is 18.1 Å². The first-order valence-electron chi connectivity index (χ1n) is 6.59. The Hall–Kier alpha value is -1.61. The Bertz CT molecular complexity index is 569. The monoisotopic (exact) mass is 241 g/mol. The van der Waals surface area contributed by atoms with E-state index in [4.69, 9.17) is 5.73 Å². The number of fused-ring (bicyclic) bond motifs is 1. The lowest BCUT2D eigenvalue weighted by Crippen LogP contribution is -2.10. The van der Waals surface area contributed by atoms with E-state index < -0.39 is 0 Å². The molecule has 3 heteroatoms. The van der Waals surface area contributed by atoms with Crippen LogP contribution in [0, 0.1) is 6.92 Å². The molecule has 2 aromatic rings. The van der Waals surface area contributed by atoms with Gasteiger partial charge in [0.1, 0.15) is 5.82 Å². The third-order valence-corrected chi connectivity index (χ3v) is 3.85. The summed E-state index contributed by atoms with van der Waals surface area (Å²) in [6.07, 6.45) is 5.66. The average molecular weight is 241 g/mol. The Labute approximate surface area is 108 Å². The third-order valence-electron chi connectivity index (χ3n) is 3.85. The predicted molar refractivity (Wildman–Crippen MR) is 72.4 cm³/mol. The predicted octanol–water partition coefficient (Wildman–Crippen LogP) is 2.19. The van der Waals surface area contributed by atoms with Gasteiger partial charge in [-0.05, 0) is 42.9 Å². The van der Waals surface area contributed by atoms with Gasteiger partial charge in [-0.15, -0.1) is 0 Å². The van der Waals surface area contributed by atoms with Gasteiger partial charge in [-0.3, -0.25) is 0 Å². The van der Waals surface area contributed by atoms with Gasteiger partial charge >= 0.3 is 0 Å². The van der Waals surface area contributed by atoms with Crippen LogP contribution in [0.15, 0.2) is 24.4 Å². The maximum atomic E-state index is 5.75. The lowest BCUT2D eigenvalue weighted by molar-refractivity contribution is 0.713. The number of benzene rings is 1. The molecule has 0 bridgehead atoms. The number of aromatic nitrogens is 2. The first-order chi connectivity index (χ1) is 8.78. The Morgan fingerprint density at radius 3 is 2.94 bits per heavy atom. The number of nitrogens with zero attached hydrogens (tertiary/aromatic N) is 2. The quantitative estimate of drug-likeness (QED) is 0.895. The van der Waals surface area contributed by atoms with Crippen LogP contribution >= 0.6 is 0 Å². The first kappa shape index (κ1) is 11.5. The Morgan fingerprint density at radius 2 is 2.11 bits per heavy atom. The topological polar surface area (TPSA) is 43.8 Å². The largest absolute Gasteiger partial charge is 0.327 e. The fraction of sp³-hybridized carbons (Fsp3) is 0.400. The Balaban J connectivity index is 1.90. The maximum absolute atomic E-state index is 5.75. The van der Waals surface area contributed by atoms with E-state index in [1.807, 2.05) is 13.1 Å². The van der Waals surface area contributed by atoms with Crippen molar-refractivity contribution < 1.29 is 0 Å². The van der Waals surface area contributed by atoms with Crippen LogP contribution < -0.4 is 5.73 Å². The van der Waals surface area contributed by atoms with Crippen molar-refractivity contribution in [3.05, 3.63) is 52.6 Å². The van der Waals surface area contributed by atoms with Crippen molar-refractivity contribution in [3.8, 4) is 0 Å². The van der Waals surface area contributed by atoms with E-state index >= 15 is 0 Å². The first-order valence-corrected chi connectivity index (χ1v) is 6.59. The maximum Gasteiger partial charge on any atom is 0.106 e. The zero-order chi connectivity index (χ0) is 12.5. The van der Waals surface area contributed by atoms with E-state index in [9.17, 15) is 0 Å². The zero-order valence-electron chi connectivity index (χ0n) is 10.8. The molecule has 1 aliphatic rings. The minimum absolute atomic E-state index is 0.547. The van der Waals surface area contributed by atoms with Crippen molar-refractivity contribution in [1.82, 2.24) is 9.55 Å². The highest BCUT2D eigenvalue weighted by molar-refractivity contribution is 5.35. The van der Waals surface area contributed by atoms with Gasteiger partial charge in [0, 0.05) is 19.3 Å². The second-order valence-electron chi connectivity index (χ2n) is 5.04. The molecule has 0 amide bonds. The van der Waals surface area contributed by atoms with Crippen LogP contribution in [0.2, 0.25) is 0 Å². The minimum atomic E-state index is 0.547. The molecule has 2 N–H and O–H groups in total. The normalized spacial score (nSPS) is 13.9. The summed E-state index contributed by atoms with van der Waals surface area (Å²) in [4.78, 5) is 4.34. The smallest absolute Gasteiger partial charge is 0.106 e. The van der Waals surface area contributed by atoms with Gasteiger partial charge in [0.15, 0.2) is 0 Å². The summed E-state index contributed by atoms with van der Waals surface area (Å²) in [7, 11) is 0. The molecule has 0 radical (unpaired) electrons. The summed E-state index contributed by atoms with van der Waals surface area (Å²) in [5.41, 5.74) is 11.3. The van der Waals surface area contributed by atoms with Gasteiger partial charge in [-0.2, -0.15) is 0 Å². The van der Waals surface area contributed by atoms with Crippen LogP contribution in [0.25, 0.3) is 0 Å². The van der Waals surface area contributed by atoms with Crippen molar-refractivity contribution in [2.75, 3.05) is 0 Å². The van der Waals surface area contributed by atoms with Crippen molar-refractivity contribution in [2.45, 2.75) is 39.3 Å². The molecule has 3 nitrogen and oxygen atoms in total. The number of nitrogens with two attached hydrogens (primary N) is 1. The van der Waals surface area contributed by atoms with Crippen molar-refractivity contribution in [3.63, 3.8) is 0 Å². The molecule has 1 aromatic heterocycles. The van der Waals surface area contributed by atoms with Crippen molar-refractivity contribution in [1.29, 1.82) is 0 Å². The average Bonchev–Trinajstić information content (AvgIpc) is 2.97. The third kappa shape index (κ3) is 1.95. The molecule has 18 heavy (non-hydrogen) atoms. The van der Waals surface area contributed by atoms with Gasteiger partial charge < -0.3 is 10.3 Å². The van der Waals surface area contributed by atoms with Crippen LogP contribution in [-0.2, 0) is 25.9 Å². The molecule has 1 aromatic carbocycles. The van der Waals surface area contributed by atoms with Gasteiger partial charge in [-0.1, -0.05) is 18.2 Å². The van der Waals surface area contributed by atoms with Crippen LogP contribution in [0.5, 0.6) is 0 Å². The number of hydrogen-bond donors (Lipinski definition) is 1.